The summed E-state index contributed by atoms with van der Waals surface area (Å²) in [7, 11) is 0. The van der Waals surface area contributed by atoms with Gasteiger partial charge in [-0.1, -0.05) is 0 Å². The zero-order valence-electron chi connectivity index (χ0n) is 5.04. The normalized spacial score (nSPS) is 28.8. The summed E-state index contributed by atoms with van der Waals surface area (Å²) in [4.78, 5) is 10.4. The van der Waals surface area contributed by atoms with Crippen LogP contribution in [0.4, 0.5) is 0 Å². The van der Waals surface area contributed by atoms with Gasteiger partial charge in [0, 0.05) is 0 Å². The van der Waals surface area contributed by atoms with E-state index in [4.69, 9.17) is 5.73 Å². The van der Waals surface area contributed by atoms with E-state index in [0.29, 0.717) is 13.0 Å². The molecule has 1 heterocycles. The van der Waals surface area contributed by atoms with Gasteiger partial charge in [-0.2, -0.15) is 0 Å². The third kappa shape index (κ3) is 1.40. The molecule has 4 nitrogen and oxygen atoms in total. The first kappa shape index (κ1) is 6.51. The predicted molar refractivity (Wildman–Crippen MR) is 32.2 cm³/mol. The number of rotatable bonds is 1. The van der Waals surface area contributed by atoms with E-state index in [-0.39, 0.29) is 18.4 Å². The summed E-state index contributed by atoms with van der Waals surface area (Å²) in [5.74, 6) is -0.559. The van der Waals surface area contributed by atoms with E-state index in [9.17, 15) is 10.0 Å². The number of carbonyl (C=O) groups is 1. The molecule has 1 atom stereocenters. The average molecular weight is 129 g/mol. The Morgan fingerprint density at radius 2 is 2.44 bits per heavy atom. The van der Waals surface area contributed by atoms with Crippen LogP contribution in [-0.2, 0) is 4.79 Å². The van der Waals surface area contributed by atoms with Crippen molar-refractivity contribution in [2.75, 3.05) is 13.1 Å². The molecule has 0 aromatic rings. The highest BCUT2D eigenvalue weighted by Gasteiger charge is 2.20. The van der Waals surface area contributed by atoms with Crippen LogP contribution in [-0.4, -0.2) is 24.1 Å². The molecular formula is C5H9N2O2-. The third-order valence-electron chi connectivity index (χ3n) is 1.55. The second-order valence-electron chi connectivity index (χ2n) is 2.28. The molecule has 1 rings (SSSR count). The maximum atomic E-state index is 10.5. The van der Waals surface area contributed by atoms with Gasteiger partial charge in [-0.3, -0.25) is 4.79 Å². The van der Waals surface area contributed by atoms with E-state index in [1.807, 2.05) is 0 Å². The van der Waals surface area contributed by atoms with Crippen LogP contribution in [0.1, 0.15) is 6.42 Å². The van der Waals surface area contributed by atoms with Gasteiger partial charge >= 0.3 is 0 Å². The molecule has 0 spiro atoms. The van der Waals surface area contributed by atoms with Crippen LogP contribution in [0.15, 0.2) is 0 Å². The quantitative estimate of drug-likeness (QED) is 0.508. The Hall–Kier alpha value is -0.610. The second-order valence-corrected chi connectivity index (χ2v) is 2.28. The Balaban J connectivity index is 2.39. The van der Waals surface area contributed by atoms with Crippen LogP contribution in [0.5, 0.6) is 0 Å². The predicted octanol–water partition coefficient (Wildman–Crippen LogP) is -0.709. The topological polar surface area (TPSA) is 69.4 Å². The number of hydrogen-bond acceptors (Lipinski definition) is 3. The summed E-state index contributed by atoms with van der Waals surface area (Å²) < 4.78 is 0. The Kier molecular flexibility index (Phi) is 1.68. The molecule has 1 aliphatic heterocycles. The average Bonchev–Trinajstić information content (AvgIpc) is 2.14. The molecule has 4 heteroatoms. The van der Waals surface area contributed by atoms with Crippen molar-refractivity contribution in [2.45, 2.75) is 6.42 Å². The number of primary amides is 1. The summed E-state index contributed by atoms with van der Waals surface area (Å²) in [5, 5.41) is 11.3. The Morgan fingerprint density at radius 3 is 2.67 bits per heavy atom. The Bertz CT molecular complexity index is 126. The van der Waals surface area contributed by atoms with E-state index < -0.39 is 0 Å². The second kappa shape index (κ2) is 2.33. The van der Waals surface area contributed by atoms with Crippen molar-refractivity contribution in [3.63, 3.8) is 0 Å². The maximum absolute atomic E-state index is 10.5. The summed E-state index contributed by atoms with van der Waals surface area (Å²) in [6, 6.07) is 0. The van der Waals surface area contributed by atoms with E-state index >= 15 is 0 Å². The van der Waals surface area contributed by atoms with E-state index in [1.54, 1.807) is 0 Å². The molecule has 0 bridgehead atoms. The first-order valence-electron chi connectivity index (χ1n) is 2.91. The molecule has 0 saturated carbocycles. The monoisotopic (exact) mass is 129 g/mol. The first-order valence-corrected chi connectivity index (χ1v) is 2.91. The van der Waals surface area contributed by atoms with Gasteiger partial charge in [0.2, 0.25) is 5.91 Å². The molecule has 1 amide bonds. The summed E-state index contributed by atoms with van der Waals surface area (Å²) >= 11 is 0. The number of carbonyl (C=O) groups excluding carboxylic acids is 1. The van der Waals surface area contributed by atoms with E-state index in [1.165, 1.54) is 0 Å². The number of hydroxylamine groups is 2. The molecule has 1 aliphatic rings. The van der Waals surface area contributed by atoms with Crippen LogP contribution in [0, 0.1) is 11.1 Å². The highest BCUT2D eigenvalue weighted by Crippen LogP contribution is 2.13. The minimum Gasteiger partial charge on any atom is -0.785 e. The highest BCUT2D eigenvalue weighted by atomic mass is 16.5. The summed E-state index contributed by atoms with van der Waals surface area (Å²) in [5.41, 5.74) is 4.96. The van der Waals surface area contributed by atoms with Crippen molar-refractivity contribution in [3.05, 3.63) is 5.21 Å². The SMILES string of the molecule is NC(=O)C1CCN([O-])C1. The lowest BCUT2D eigenvalue weighted by Gasteiger charge is -2.19. The van der Waals surface area contributed by atoms with Gasteiger partial charge in [-0.15, -0.1) is 0 Å². The molecule has 0 radical (unpaired) electrons. The van der Waals surface area contributed by atoms with Crippen molar-refractivity contribution in [1.29, 1.82) is 0 Å². The fourth-order valence-electron chi connectivity index (χ4n) is 0.960. The largest absolute Gasteiger partial charge is 0.785 e. The molecule has 0 aromatic carbocycles. The fraction of sp³-hybridized carbons (Fsp3) is 0.800. The Labute approximate surface area is 53.2 Å². The zero-order valence-corrected chi connectivity index (χ0v) is 5.04. The van der Waals surface area contributed by atoms with E-state index in [2.05, 4.69) is 0 Å². The standard InChI is InChI=1S/C5H9N2O2/c6-5(8)4-1-2-7(9)3-4/h4H,1-3H2,(H2,6,8)/q-1. The van der Waals surface area contributed by atoms with E-state index in [0.717, 1.165) is 5.06 Å². The van der Waals surface area contributed by atoms with Crippen molar-refractivity contribution < 1.29 is 4.79 Å². The minimum atomic E-state index is -0.353. The van der Waals surface area contributed by atoms with Crippen LogP contribution < -0.4 is 5.73 Å². The summed E-state index contributed by atoms with van der Waals surface area (Å²) in [6.45, 7) is 0.739. The molecule has 1 fully saturated rings. The van der Waals surface area contributed by atoms with Crippen molar-refractivity contribution in [2.24, 2.45) is 11.7 Å². The highest BCUT2D eigenvalue weighted by molar-refractivity contribution is 5.77. The lowest BCUT2D eigenvalue weighted by atomic mass is 10.1. The molecule has 2 N–H and O–H groups in total. The molecular weight excluding hydrogens is 120 g/mol. The van der Waals surface area contributed by atoms with Crippen LogP contribution in [0.2, 0.25) is 0 Å². The molecule has 1 saturated heterocycles. The summed E-state index contributed by atoms with van der Waals surface area (Å²) in [6.07, 6.45) is 0.624. The molecule has 9 heavy (non-hydrogen) atoms. The van der Waals surface area contributed by atoms with Gasteiger partial charge in [0.1, 0.15) is 0 Å². The molecule has 0 aromatic heterocycles. The Morgan fingerprint density at radius 1 is 1.78 bits per heavy atom. The van der Waals surface area contributed by atoms with Crippen LogP contribution in [0.3, 0.4) is 0 Å². The van der Waals surface area contributed by atoms with Crippen molar-refractivity contribution >= 4 is 5.91 Å². The smallest absolute Gasteiger partial charge is 0.221 e. The van der Waals surface area contributed by atoms with Crippen LogP contribution in [0.25, 0.3) is 0 Å². The van der Waals surface area contributed by atoms with Crippen molar-refractivity contribution in [1.82, 2.24) is 5.06 Å². The number of nitrogens with zero attached hydrogens (tertiary/aromatic N) is 1. The minimum absolute atomic E-state index is 0.206. The van der Waals surface area contributed by atoms with Crippen LogP contribution >= 0.6 is 0 Å². The van der Waals surface area contributed by atoms with Gasteiger partial charge in [0.05, 0.1) is 5.92 Å². The van der Waals surface area contributed by atoms with Gasteiger partial charge in [-0.05, 0) is 19.5 Å². The van der Waals surface area contributed by atoms with Gasteiger partial charge in [0.15, 0.2) is 0 Å². The number of amides is 1. The zero-order chi connectivity index (χ0) is 6.85. The lowest BCUT2D eigenvalue weighted by Crippen LogP contribution is -2.25. The van der Waals surface area contributed by atoms with Crippen molar-refractivity contribution in [3.8, 4) is 0 Å². The number of hydrogen-bond donors (Lipinski definition) is 1. The molecule has 0 aliphatic carbocycles. The van der Waals surface area contributed by atoms with Gasteiger partial charge in [0.25, 0.3) is 0 Å². The fourth-order valence-corrected chi connectivity index (χ4v) is 0.960. The molecule has 52 valence electrons. The lowest BCUT2D eigenvalue weighted by molar-refractivity contribution is -0.121. The van der Waals surface area contributed by atoms with Gasteiger partial charge in [-0.25, -0.2) is 0 Å². The number of nitrogens with two attached hydrogens (primary N) is 1. The van der Waals surface area contributed by atoms with Gasteiger partial charge < -0.3 is 16.0 Å². The molecule has 1 unspecified atom stereocenters. The third-order valence-corrected chi connectivity index (χ3v) is 1.55. The first-order chi connectivity index (χ1) is 4.20. The maximum Gasteiger partial charge on any atom is 0.221 e.